The number of aromatic carboxylic acids is 1. The third-order valence-corrected chi connectivity index (χ3v) is 3.06. The summed E-state index contributed by atoms with van der Waals surface area (Å²) in [6.07, 6.45) is 4.52. The van der Waals surface area contributed by atoms with Crippen LogP contribution in [0, 0.1) is 6.92 Å². The van der Waals surface area contributed by atoms with Crippen LogP contribution < -0.4 is 5.32 Å². The number of anilines is 1. The number of carboxylic acids is 1. The van der Waals surface area contributed by atoms with Crippen LogP contribution in [0.1, 0.15) is 21.7 Å². The molecular formula is C14H17N3O2. The van der Waals surface area contributed by atoms with E-state index in [4.69, 9.17) is 5.11 Å². The van der Waals surface area contributed by atoms with Crippen LogP contribution in [0.4, 0.5) is 5.69 Å². The molecule has 5 nitrogen and oxygen atoms in total. The minimum absolute atomic E-state index is 0.312. The van der Waals surface area contributed by atoms with Gasteiger partial charge in [-0.15, -0.1) is 0 Å². The highest BCUT2D eigenvalue weighted by Gasteiger charge is 2.05. The maximum atomic E-state index is 10.8. The lowest BCUT2D eigenvalue weighted by molar-refractivity contribution is 0.0697. The third kappa shape index (κ3) is 3.13. The molecule has 0 bridgehead atoms. The average Bonchev–Trinajstić information content (AvgIpc) is 2.77. The molecule has 0 aliphatic heterocycles. The number of aryl methyl sites for hydroxylation is 2. The molecule has 0 radical (unpaired) electrons. The monoisotopic (exact) mass is 259 g/mol. The number of rotatable bonds is 5. The van der Waals surface area contributed by atoms with E-state index in [-0.39, 0.29) is 0 Å². The Morgan fingerprint density at radius 3 is 2.84 bits per heavy atom. The third-order valence-electron chi connectivity index (χ3n) is 3.06. The van der Waals surface area contributed by atoms with Gasteiger partial charge >= 0.3 is 5.97 Å². The molecule has 2 aromatic rings. The highest BCUT2D eigenvalue weighted by atomic mass is 16.4. The normalized spacial score (nSPS) is 10.4. The Morgan fingerprint density at radius 1 is 1.47 bits per heavy atom. The number of aromatic nitrogens is 2. The second kappa shape index (κ2) is 5.56. The molecular weight excluding hydrogens is 242 g/mol. The van der Waals surface area contributed by atoms with E-state index < -0.39 is 5.97 Å². The molecule has 0 unspecified atom stereocenters. The van der Waals surface area contributed by atoms with Gasteiger partial charge in [-0.2, -0.15) is 0 Å². The zero-order valence-electron chi connectivity index (χ0n) is 11.1. The Kier molecular flexibility index (Phi) is 3.85. The van der Waals surface area contributed by atoms with Crippen molar-refractivity contribution < 1.29 is 9.90 Å². The molecule has 0 spiro atoms. The van der Waals surface area contributed by atoms with Crippen LogP contribution in [0.2, 0.25) is 0 Å². The second-order valence-corrected chi connectivity index (χ2v) is 4.47. The predicted octanol–water partition coefficient (Wildman–Crippen LogP) is 2.08. The Labute approximate surface area is 111 Å². The van der Waals surface area contributed by atoms with Crippen molar-refractivity contribution in [3.8, 4) is 0 Å². The largest absolute Gasteiger partial charge is 0.478 e. The molecule has 2 rings (SSSR count). The Balaban J connectivity index is 1.96. The molecule has 0 fully saturated rings. The molecule has 0 amide bonds. The van der Waals surface area contributed by atoms with Gasteiger partial charge in [-0.1, -0.05) is 0 Å². The minimum Gasteiger partial charge on any atom is -0.478 e. The molecule has 0 saturated heterocycles. The topological polar surface area (TPSA) is 67.2 Å². The van der Waals surface area contributed by atoms with Gasteiger partial charge in [-0.05, 0) is 30.7 Å². The first-order valence-corrected chi connectivity index (χ1v) is 6.12. The number of carboxylic acid groups (broad SMARTS) is 1. The van der Waals surface area contributed by atoms with Gasteiger partial charge in [-0.3, -0.25) is 0 Å². The minimum atomic E-state index is -0.900. The zero-order chi connectivity index (χ0) is 13.8. The van der Waals surface area contributed by atoms with E-state index in [9.17, 15) is 4.79 Å². The summed E-state index contributed by atoms with van der Waals surface area (Å²) in [5, 5.41) is 12.2. The molecule has 100 valence electrons. The molecule has 0 aliphatic carbocycles. The van der Waals surface area contributed by atoms with E-state index in [2.05, 4.69) is 10.3 Å². The first-order chi connectivity index (χ1) is 9.08. The molecule has 0 atom stereocenters. The Hall–Kier alpha value is -2.30. The second-order valence-electron chi connectivity index (χ2n) is 4.47. The summed E-state index contributed by atoms with van der Waals surface area (Å²) in [5.41, 5.74) is 2.20. The summed E-state index contributed by atoms with van der Waals surface area (Å²) in [5.74, 6) is 0.120. The van der Waals surface area contributed by atoms with Crippen molar-refractivity contribution >= 4 is 11.7 Å². The van der Waals surface area contributed by atoms with Gasteiger partial charge in [0.2, 0.25) is 0 Å². The average molecular weight is 259 g/mol. The standard InChI is InChI=1S/C14H17N3O2/c1-10-9-11(14(18)19)3-4-12(10)15-6-5-13-16-7-8-17(13)2/h3-4,7-9,15H,5-6H2,1-2H3,(H,18,19). The molecule has 0 saturated carbocycles. The summed E-state index contributed by atoms with van der Waals surface area (Å²) in [6, 6.07) is 5.08. The molecule has 1 aromatic heterocycles. The number of carbonyl (C=O) groups is 1. The Morgan fingerprint density at radius 2 is 2.26 bits per heavy atom. The molecule has 5 heteroatoms. The fourth-order valence-corrected chi connectivity index (χ4v) is 1.94. The zero-order valence-corrected chi connectivity index (χ0v) is 11.1. The molecule has 0 aliphatic rings. The summed E-state index contributed by atoms with van der Waals surface area (Å²) in [4.78, 5) is 15.1. The number of nitrogens with one attached hydrogen (secondary N) is 1. The molecule has 1 heterocycles. The number of hydrogen-bond donors (Lipinski definition) is 2. The summed E-state index contributed by atoms with van der Waals surface area (Å²) < 4.78 is 1.99. The lowest BCUT2D eigenvalue weighted by Gasteiger charge is -2.10. The van der Waals surface area contributed by atoms with Crippen molar-refractivity contribution in [1.29, 1.82) is 0 Å². The van der Waals surface area contributed by atoms with Crippen LogP contribution >= 0.6 is 0 Å². The maximum absolute atomic E-state index is 10.8. The van der Waals surface area contributed by atoms with Crippen molar-refractivity contribution in [2.45, 2.75) is 13.3 Å². The van der Waals surface area contributed by atoms with Crippen molar-refractivity contribution in [3.05, 3.63) is 47.5 Å². The summed E-state index contributed by atoms with van der Waals surface area (Å²) >= 11 is 0. The first kappa shape index (κ1) is 13.1. The van der Waals surface area contributed by atoms with Crippen LogP contribution in [-0.4, -0.2) is 27.2 Å². The van der Waals surface area contributed by atoms with Crippen molar-refractivity contribution in [1.82, 2.24) is 9.55 Å². The van der Waals surface area contributed by atoms with Crippen LogP contribution in [-0.2, 0) is 13.5 Å². The maximum Gasteiger partial charge on any atom is 0.335 e. The van der Waals surface area contributed by atoms with Crippen LogP contribution in [0.3, 0.4) is 0 Å². The van der Waals surface area contributed by atoms with Gasteiger partial charge in [-0.25, -0.2) is 9.78 Å². The first-order valence-electron chi connectivity index (χ1n) is 6.12. The van der Waals surface area contributed by atoms with E-state index in [0.717, 1.165) is 30.0 Å². The van der Waals surface area contributed by atoms with Gasteiger partial charge in [0.25, 0.3) is 0 Å². The number of hydrogen-bond acceptors (Lipinski definition) is 3. The van der Waals surface area contributed by atoms with Gasteiger partial charge < -0.3 is 15.0 Å². The van der Waals surface area contributed by atoms with E-state index in [1.165, 1.54) is 0 Å². The predicted molar refractivity (Wildman–Crippen MR) is 73.5 cm³/mol. The van der Waals surface area contributed by atoms with Crippen LogP contribution in [0.5, 0.6) is 0 Å². The fourth-order valence-electron chi connectivity index (χ4n) is 1.94. The highest BCUT2D eigenvalue weighted by molar-refractivity contribution is 5.88. The summed E-state index contributed by atoms with van der Waals surface area (Å²) in [7, 11) is 1.97. The van der Waals surface area contributed by atoms with Gasteiger partial charge in [0.05, 0.1) is 5.56 Å². The lowest BCUT2D eigenvalue weighted by atomic mass is 10.1. The molecule has 1 aromatic carbocycles. The smallest absolute Gasteiger partial charge is 0.335 e. The Bertz CT molecular complexity index is 590. The van der Waals surface area contributed by atoms with E-state index in [0.29, 0.717) is 5.56 Å². The number of nitrogens with zero attached hydrogens (tertiary/aromatic N) is 2. The molecule has 2 N–H and O–H groups in total. The van der Waals surface area contributed by atoms with E-state index in [1.807, 2.05) is 24.7 Å². The van der Waals surface area contributed by atoms with Crippen molar-refractivity contribution in [3.63, 3.8) is 0 Å². The number of benzene rings is 1. The van der Waals surface area contributed by atoms with Gasteiger partial charge in [0, 0.05) is 38.1 Å². The van der Waals surface area contributed by atoms with E-state index in [1.54, 1.807) is 24.4 Å². The highest BCUT2D eigenvalue weighted by Crippen LogP contribution is 2.16. The van der Waals surface area contributed by atoms with E-state index >= 15 is 0 Å². The van der Waals surface area contributed by atoms with Crippen molar-refractivity contribution in [2.75, 3.05) is 11.9 Å². The van der Waals surface area contributed by atoms with Crippen LogP contribution in [0.15, 0.2) is 30.6 Å². The van der Waals surface area contributed by atoms with Gasteiger partial charge in [0.1, 0.15) is 5.82 Å². The lowest BCUT2D eigenvalue weighted by Crippen LogP contribution is -2.09. The molecule has 19 heavy (non-hydrogen) atoms. The van der Waals surface area contributed by atoms with Gasteiger partial charge in [0.15, 0.2) is 0 Å². The summed E-state index contributed by atoms with van der Waals surface area (Å²) in [6.45, 7) is 2.66. The van der Waals surface area contributed by atoms with Crippen LogP contribution in [0.25, 0.3) is 0 Å². The quantitative estimate of drug-likeness (QED) is 0.862. The SMILES string of the molecule is Cc1cc(C(=O)O)ccc1NCCc1nccn1C. The fraction of sp³-hybridized carbons (Fsp3) is 0.286. The number of imidazole rings is 1. The van der Waals surface area contributed by atoms with Crippen molar-refractivity contribution in [2.24, 2.45) is 7.05 Å².